The minimum atomic E-state index is -0.249. The number of carbonyl (C=O) groups excluding carboxylic acids is 1. The predicted octanol–water partition coefficient (Wildman–Crippen LogP) is 5.73. The fourth-order valence-electron chi connectivity index (χ4n) is 2.64. The average molecular weight is 310 g/mol. The molecule has 0 heterocycles. The standard InChI is InChI=1S/C21H26O2/c1-3-5-7-10-17-13-15-19(16-14-17)21(22)23-20(4-2)18-11-8-6-9-12-18/h6,8-9,11-16,20H,3-5,7,10H2,1-2H3. The summed E-state index contributed by atoms with van der Waals surface area (Å²) in [6.45, 7) is 4.23. The first-order valence-corrected chi connectivity index (χ1v) is 8.59. The first-order valence-electron chi connectivity index (χ1n) is 8.59. The summed E-state index contributed by atoms with van der Waals surface area (Å²) in [4.78, 5) is 12.3. The van der Waals surface area contributed by atoms with Gasteiger partial charge in [-0.2, -0.15) is 0 Å². The largest absolute Gasteiger partial charge is 0.454 e. The van der Waals surface area contributed by atoms with Gasteiger partial charge >= 0.3 is 5.97 Å². The van der Waals surface area contributed by atoms with Crippen molar-refractivity contribution in [3.05, 3.63) is 71.3 Å². The maximum absolute atomic E-state index is 12.3. The molecule has 2 aromatic rings. The molecule has 0 aliphatic carbocycles. The second-order valence-corrected chi connectivity index (χ2v) is 5.87. The molecule has 0 aliphatic heterocycles. The number of aryl methyl sites for hydroxylation is 1. The van der Waals surface area contributed by atoms with Crippen molar-refractivity contribution >= 4 is 5.97 Å². The number of rotatable bonds is 8. The molecule has 2 aromatic carbocycles. The topological polar surface area (TPSA) is 26.3 Å². The molecule has 2 nitrogen and oxygen atoms in total. The second kappa shape index (κ2) is 9.14. The van der Waals surface area contributed by atoms with Gasteiger partial charge in [-0.1, -0.05) is 69.2 Å². The lowest BCUT2D eigenvalue weighted by Crippen LogP contribution is -2.11. The van der Waals surface area contributed by atoms with Crippen LogP contribution in [0.4, 0.5) is 0 Å². The van der Waals surface area contributed by atoms with Crippen molar-refractivity contribution < 1.29 is 9.53 Å². The van der Waals surface area contributed by atoms with Crippen molar-refractivity contribution in [3.8, 4) is 0 Å². The van der Waals surface area contributed by atoms with Crippen LogP contribution in [0, 0.1) is 0 Å². The lowest BCUT2D eigenvalue weighted by Gasteiger charge is -2.16. The normalized spacial score (nSPS) is 11.9. The van der Waals surface area contributed by atoms with Crippen LogP contribution in [0.2, 0.25) is 0 Å². The van der Waals surface area contributed by atoms with Crippen LogP contribution in [0.15, 0.2) is 54.6 Å². The molecule has 122 valence electrons. The fourth-order valence-corrected chi connectivity index (χ4v) is 2.64. The molecule has 0 bridgehead atoms. The first-order chi connectivity index (χ1) is 11.2. The summed E-state index contributed by atoms with van der Waals surface area (Å²) in [5.74, 6) is -0.249. The molecule has 0 N–H and O–H groups in total. The van der Waals surface area contributed by atoms with E-state index in [9.17, 15) is 4.79 Å². The molecule has 0 spiro atoms. The van der Waals surface area contributed by atoms with Gasteiger partial charge in [-0.3, -0.25) is 0 Å². The molecular weight excluding hydrogens is 284 g/mol. The van der Waals surface area contributed by atoms with Gasteiger partial charge in [0.25, 0.3) is 0 Å². The number of carbonyl (C=O) groups is 1. The van der Waals surface area contributed by atoms with Gasteiger partial charge in [-0.25, -0.2) is 4.79 Å². The smallest absolute Gasteiger partial charge is 0.338 e. The molecule has 0 saturated heterocycles. The van der Waals surface area contributed by atoms with Gasteiger partial charge in [-0.15, -0.1) is 0 Å². The number of hydrogen-bond acceptors (Lipinski definition) is 2. The van der Waals surface area contributed by atoms with Crippen LogP contribution >= 0.6 is 0 Å². The highest BCUT2D eigenvalue weighted by Gasteiger charge is 2.16. The highest BCUT2D eigenvalue weighted by Crippen LogP contribution is 2.22. The minimum Gasteiger partial charge on any atom is -0.454 e. The van der Waals surface area contributed by atoms with E-state index in [1.54, 1.807) is 0 Å². The summed E-state index contributed by atoms with van der Waals surface area (Å²) >= 11 is 0. The van der Waals surface area contributed by atoms with Gasteiger partial charge in [0.1, 0.15) is 6.10 Å². The van der Waals surface area contributed by atoms with Crippen molar-refractivity contribution in [2.75, 3.05) is 0 Å². The number of esters is 1. The summed E-state index contributed by atoms with van der Waals surface area (Å²) in [5.41, 5.74) is 2.95. The third-order valence-corrected chi connectivity index (χ3v) is 4.05. The number of ether oxygens (including phenoxy) is 1. The van der Waals surface area contributed by atoms with Gasteiger partial charge in [0.2, 0.25) is 0 Å². The van der Waals surface area contributed by atoms with Crippen LogP contribution in [0.1, 0.15) is 67.1 Å². The zero-order valence-electron chi connectivity index (χ0n) is 14.1. The Bertz CT molecular complexity index is 587. The summed E-state index contributed by atoms with van der Waals surface area (Å²) in [6, 6.07) is 17.7. The summed E-state index contributed by atoms with van der Waals surface area (Å²) in [6.07, 6.45) is 5.33. The molecule has 0 amide bonds. The van der Waals surface area contributed by atoms with Gasteiger partial charge in [0, 0.05) is 0 Å². The van der Waals surface area contributed by atoms with Crippen molar-refractivity contribution in [3.63, 3.8) is 0 Å². The zero-order valence-corrected chi connectivity index (χ0v) is 14.1. The summed E-state index contributed by atoms with van der Waals surface area (Å²) in [7, 11) is 0. The molecule has 23 heavy (non-hydrogen) atoms. The van der Waals surface area contributed by atoms with Crippen LogP contribution in [0.5, 0.6) is 0 Å². The monoisotopic (exact) mass is 310 g/mol. The number of benzene rings is 2. The van der Waals surface area contributed by atoms with Gasteiger partial charge in [-0.05, 0) is 42.5 Å². The van der Waals surface area contributed by atoms with Gasteiger partial charge in [0.05, 0.1) is 5.56 Å². The molecular formula is C21H26O2. The van der Waals surface area contributed by atoms with E-state index in [0.717, 1.165) is 18.4 Å². The Hall–Kier alpha value is -2.09. The predicted molar refractivity (Wildman–Crippen MR) is 94.6 cm³/mol. The Morgan fingerprint density at radius 3 is 2.26 bits per heavy atom. The third kappa shape index (κ3) is 5.24. The van der Waals surface area contributed by atoms with E-state index in [0.29, 0.717) is 5.56 Å². The van der Waals surface area contributed by atoms with Crippen LogP contribution in [-0.4, -0.2) is 5.97 Å². The van der Waals surface area contributed by atoms with E-state index in [1.165, 1.54) is 24.8 Å². The van der Waals surface area contributed by atoms with E-state index in [-0.39, 0.29) is 12.1 Å². The highest BCUT2D eigenvalue weighted by atomic mass is 16.5. The maximum Gasteiger partial charge on any atom is 0.338 e. The fraction of sp³-hybridized carbons (Fsp3) is 0.381. The molecule has 0 aromatic heterocycles. The van der Waals surface area contributed by atoms with E-state index in [1.807, 2.05) is 61.5 Å². The molecule has 1 atom stereocenters. The Kier molecular flexibility index (Phi) is 6.86. The van der Waals surface area contributed by atoms with Crippen LogP contribution in [0.25, 0.3) is 0 Å². The first kappa shape index (κ1) is 17.3. The lowest BCUT2D eigenvalue weighted by atomic mass is 10.0. The lowest BCUT2D eigenvalue weighted by molar-refractivity contribution is 0.0288. The third-order valence-electron chi connectivity index (χ3n) is 4.05. The molecule has 0 fully saturated rings. The second-order valence-electron chi connectivity index (χ2n) is 5.87. The average Bonchev–Trinajstić information content (AvgIpc) is 2.61. The Balaban J connectivity index is 1.97. The summed E-state index contributed by atoms with van der Waals surface area (Å²) < 4.78 is 5.67. The maximum atomic E-state index is 12.3. The van der Waals surface area contributed by atoms with Crippen molar-refractivity contribution in [2.24, 2.45) is 0 Å². The van der Waals surface area contributed by atoms with E-state index in [2.05, 4.69) is 6.92 Å². The molecule has 0 saturated carbocycles. The molecule has 2 heteroatoms. The highest BCUT2D eigenvalue weighted by molar-refractivity contribution is 5.89. The Morgan fingerprint density at radius 1 is 0.957 bits per heavy atom. The molecule has 1 unspecified atom stereocenters. The van der Waals surface area contributed by atoms with E-state index >= 15 is 0 Å². The summed E-state index contributed by atoms with van der Waals surface area (Å²) in [5, 5.41) is 0. The molecule has 0 aliphatic rings. The quantitative estimate of drug-likeness (QED) is 0.460. The Labute approximate surface area is 139 Å². The SMILES string of the molecule is CCCCCc1ccc(C(=O)OC(CC)c2ccccc2)cc1. The van der Waals surface area contributed by atoms with E-state index < -0.39 is 0 Å². The number of hydrogen-bond donors (Lipinski definition) is 0. The van der Waals surface area contributed by atoms with Crippen LogP contribution in [-0.2, 0) is 11.2 Å². The molecule has 0 radical (unpaired) electrons. The van der Waals surface area contributed by atoms with Crippen molar-refractivity contribution in [1.82, 2.24) is 0 Å². The van der Waals surface area contributed by atoms with Crippen LogP contribution in [0.3, 0.4) is 0 Å². The minimum absolute atomic E-state index is 0.187. The Morgan fingerprint density at radius 2 is 1.65 bits per heavy atom. The number of unbranched alkanes of at least 4 members (excludes halogenated alkanes) is 2. The van der Waals surface area contributed by atoms with Crippen molar-refractivity contribution in [2.45, 2.75) is 52.1 Å². The van der Waals surface area contributed by atoms with Gasteiger partial charge in [0.15, 0.2) is 0 Å². The zero-order chi connectivity index (χ0) is 16.5. The van der Waals surface area contributed by atoms with Crippen LogP contribution < -0.4 is 0 Å². The molecule has 2 rings (SSSR count). The van der Waals surface area contributed by atoms with Gasteiger partial charge < -0.3 is 4.74 Å². The van der Waals surface area contributed by atoms with Crippen molar-refractivity contribution in [1.29, 1.82) is 0 Å². The van der Waals surface area contributed by atoms with E-state index in [4.69, 9.17) is 4.74 Å².